The van der Waals surface area contributed by atoms with Crippen LogP contribution in [0.1, 0.15) is 36.0 Å². The van der Waals surface area contributed by atoms with E-state index in [2.05, 4.69) is 40.1 Å². The van der Waals surface area contributed by atoms with Gasteiger partial charge in [-0.15, -0.1) is 0 Å². The average Bonchev–Trinajstić information content (AvgIpc) is 2.91. The number of aromatic nitrogens is 2. The van der Waals surface area contributed by atoms with Gasteiger partial charge in [0, 0.05) is 43.1 Å². The number of anilines is 2. The van der Waals surface area contributed by atoms with Gasteiger partial charge < -0.3 is 15.1 Å². The fourth-order valence-electron chi connectivity index (χ4n) is 3.46. The summed E-state index contributed by atoms with van der Waals surface area (Å²) < 4.78 is 0. The van der Waals surface area contributed by atoms with E-state index in [1.54, 1.807) is 0 Å². The number of hydrogen-bond donors (Lipinski definition) is 1. The van der Waals surface area contributed by atoms with Crippen LogP contribution in [0.4, 0.5) is 16.3 Å². The Balaban J connectivity index is 1.67. The number of carbonyl (C=O) groups excluding carboxylic acids is 1. The van der Waals surface area contributed by atoms with E-state index in [4.69, 9.17) is 0 Å². The maximum atomic E-state index is 12.7. The standard InChI is InChI=1S/C21H29N5O/c1-5-18-8-6-9-19(14-18)24-21(27)26-11-7-10-25(12-13-26)20-15(2)16(3)22-17(4)23-20/h6,8-9,14H,5,7,10-13H2,1-4H3,(H,24,27). The third-order valence-electron chi connectivity index (χ3n) is 5.14. The molecule has 6 nitrogen and oxygen atoms in total. The van der Waals surface area contributed by atoms with Crippen LogP contribution in [-0.4, -0.2) is 47.1 Å². The highest BCUT2D eigenvalue weighted by atomic mass is 16.2. The molecule has 27 heavy (non-hydrogen) atoms. The first-order chi connectivity index (χ1) is 13.0. The van der Waals surface area contributed by atoms with Crippen LogP contribution in [0, 0.1) is 20.8 Å². The number of nitrogens with one attached hydrogen (secondary N) is 1. The molecule has 2 amide bonds. The fourth-order valence-corrected chi connectivity index (χ4v) is 3.46. The molecule has 1 aromatic carbocycles. The number of benzene rings is 1. The first kappa shape index (κ1) is 19.1. The molecule has 1 aliphatic rings. The molecular formula is C21H29N5O. The maximum absolute atomic E-state index is 12.7. The molecule has 1 N–H and O–H groups in total. The Morgan fingerprint density at radius 1 is 1.11 bits per heavy atom. The zero-order valence-corrected chi connectivity index (χ0v) is 16.7. The first-order valence-electron chi connectivity index (χ1n) is 9.69. The van der Waals surface area contributed by atoms with Gasteiger partial charge in [0.05, 0.1) is 0 Å². The van der Waals surface area contributed by atoms with Gasteiger partial charge in [0.2, 0.25) is 0 Å². The number of hydrogen-bond acceptors (Lipinski definition) is 4. The summed E-state index contributed by atoms with van der Waals surface area (Å²) in [6.07, 6.45) is 1.88. The lowest BCUT2D eigenvalue weighted by molar-refractivity contribution is 0.215. The molecule has 0 radical (unpaired) electrons. The van der Waals surface area contributed by atoms with Crippen molar-refractivity contribution >= 4 is 17.5 Å². The number of nitrogens with zero attached hydrogens (tertiary/aromatic N) is 4. The van der Waals surface area contributed by atoms with Gasteiger partial charge in [-0.2, -0.15) is 0 Å². The van der Waals surface area contributed by atoms with E-state index in [0.29, 0.717) is 6.54 Å². The van der Waals surface area contributed by atoms with Crippen LogP contribution in [0.5, 0.6) is 0 Å². The van der Waals surface area contributed by atoms with Crippen LogP contribution in [0.3, 0.4) is 0 Å². The number of aryl methyl sites for hydroxylation is 3. The van der Waals surface area contributed by atoms with Crippen LogP contribution in [0.2, 0.25) is 0 Å². The van der Waals surface area contributed by atoms with E-state index in [9.17, 15) is 4.79 Å². The van der Waals surface area contributed by atoms with Gasteiger partial charge in [-0.3, -0.25) is 0 Å². The molecule has 1 saturated heterocycles. The largest absolute Gasteiger partial charge is 0.354 e. The van der Waals surface area contributed by atoms with Gasteiger partial charge in [-0.1, -0.05) is 19.1 Å². The molecule has 1 fully saturated rings. The van der Waals surface area contributed by atoms with Crippen LogP contribution in [0.15, 0.2) is 24.3 Å². The number of carbonyl (C=O) groups is 1. The monoisotopic (exact) mass is 367 g/mol. The van der Waals surface area contributed by atoms with Crippen molar-refractivity contribution in [3.05, 3.63) is 46.9 Å². The first-order valence-corrected chi connectivity index (χ1v) is 9.69. The van der Waals surface area contributed by atoms with Gasteiger partial charge in [0.25, 0.3) is 0 Å². The summed E-state index contributed by atoms with van der Waals surface area (Å²) in [7, 11) is 0. The zero-order chi connectivity index (χ0) is 19.4. The SMILES string of the molecule is CCc1cccc(NC(=O)N2CCCN(c3nc(C)nc(C)c3C)CC2)c1. The van der Waals surface area contributed by atoms with Gasteiger partial charge in [-0.25, -0.2) is 14.8 Å². The predicted octanol–water partition coefficient (Wildman–Crippen LogP) is 3.71. The molecule has 2 aromatic rings. The summed E-state index contributed by atoms with van der Waals surface area (Å²) in [5.41, 5.74) is 4.22. The van der Waals surface area contributed by atoms with E-state index < -0.39 is 0 Å². The number of rotatable bonds is 3. The fraction of sp³-hybridized carbons (Fsp3) is 0.476. The van der Waals surface area contributed by atoms with Gasteiger partial charge in [0.15, 0.2) is 0 Å². The molecule has 0 spiro atoms. The van der Waals surface area contributed by atoms with Crippen molar-refractivity contribution in [1.82, 2.24) is 14.9 Å². The Bertz CT molecular complexity index is 820. The average molecular weight is 367 g/mol. The third-order valence-corrected chi connectivity index (χ3v) is 5.14. The van der Waals surface area contributed by atoms with Crippen molar-refractivity contribution in [3.63, 3.8) is 0 Å². The van der Waals surface area contributed by atoms with Gasteiger partial charge in [0.1, 0.15) is 11.6 Å². The molecule has 0 unspecified atom stereocenters. The highest BCUT2D eigenvalue weighted by Gasteiger charge is 2.21. The van der Waals surface area contributed by atoms with E-state index in [-0.39, 0.29) is 6.03 Å². The molecule has 0 saturated carbocycles. The minimum atomic E-state index is -0.0307. The van der Waals surface area contributed by atoms with Crippen LogP contribution in [0.25, 0.3) is 0 Å². The lowest BCUT2D eigenvalue weighted by atomic mass is 10.1. The smallest absolute Gasteiger partial charge is 0.321 e. The summed E-state index contributed by atoms with van der Waals surface area (Å²) in [5, 5.41) is 3.04. The zero-order valence-electron chi connectivity index (χ0n) is 16.7. The van der Waals surface area contributed by atoms with Crippen molar-refractivity contribution in [3.8, 4) is 0 Å². The molecule has 6 heteroatoms. The molecule has 144 valence electrons. The Hall–Kier alpha value is -2.63. The highest BCUT2D eigenvalue weighted by Crippen LogP contribution is 2.21. The second kappa shape index (κ2) is 8.37. The maximum Gasteiger partial charge on any atom is 0.321 e. The summed E-state index contributed by atoms with van der Waals surface area (Å²) in [4.78, 5) is 26.0. The molecular weight excluding hydrogens is 338 g/mol. The van der Waals surface area contributed by atoms with Crippen LogP contribution < -0.4 is 10.2 Å². The molecule has 0 bridgehead atoms. The van der Waals surface area contributed by atoms with E-state index >= 15 is 0 Å². The highest BCUT2D eigenvalue weighted by molar-refractivity contribution is 5.89. The van der Waals surface area contributed by atoms with Crippen molar-refractivity contribution < 1.29 is 4.79 Å². The Kier molecular flexibility index (Phi) is 5.94. The summed E-state index contributed by atoms with van der Waals surface area (Å²) in [5.74, 6) is 1.79. The second-order valence-corrected chi connectivity index (χ2v) is 7.12. The molecule has 3 rings (SSSR count). The quantitative estimate of drug-likeness (QED) is 0.898. The van der Waals surface area contributed by atoms with Crippen LogP contribution >= 0.6 is 0 Å². The second-order valence-electron chi connectivity index (χ2n) is 7.12. The molecule has 0 atom stereocenters. The summed E-state index contributed by atoms with van der Waals surface area (Å²) in [6, 6.07) is 8.01. The lowest BCUT2D eigenvalue weighted by Gasteiger charge is -2.25. The molecule has 1 aromatic heterocycles. The van der Waals surface area contributed by atoms with Crippen LogP contribution in [-0.2, 0) is 6.42 Å². The van der Waals surface area contributed by atoms with E-state index in [1.807, 2.05) is 36.9 Å². The summed E-state index contributed by atoms with van der Waals surface area (Å²) in [6.45, 7) is 11.2. The number of amides is 2. The van der Waals surface area contributed by atoms with Crippen molar-refractivity contribution in [2.75, 3.05) is 36.4 Å². The van der Waals surface area contributed by atoms with Crippen molar-refractivity contribution in [1.29, 1.82) is 0 Å². The van der Waals surface area contributed by atoms with Crippen molar-refractivity contribution in [2.45, 2.75) is 40.5 Å². The molecule has 0 aliphatic carbocycles. The lowest BCUT2D eigenvalue weighted by Crippen LogP contribution is -2.38. The summed E-state index contributed by atoms with van der Waals surface area (Å²) >= 11 is 0. The normalized spacial score (nSPS) is 14.8. The van der Waals surface area contributed by atoms with Crippen molar-refractivity contribution in [2.24, 2.45) is 0 Å². The molecule has 1 aliphatic heterocycles. The topological polar surface area (TPSA) is 61.4 Å². The minimum Gasteiger partial charge on any atom is -0.354 e. The Morgan fingerprint density at radius 2 is 1.93 bits per heavy atom. The van der Waals surface area contributed by atoms with E-state index in [0.717, 1.165) is 61.1 Å². The molecule has 2 heterocycles. The van der Waals surface area contributed by atoms with E-state index in [1.165, 1.54) is 5.56 Å². The van der Waals surface area contributed by atoms with Gasteiger partial charge >= 0.3 is 6.03 Å². The third kappa shape index (κ3) is 4.56. The van der Waals surface area contributed by atoms with Gasteiger partial charge in [-0.05, 0) is 51.3 Å². The Labute approximate surface area is 161 Å². The predicted molar refractivity (Wildman–Crippen MR) is 109 cm³/mol. The number of urea groups is 1. The minimum absolute atomic E-state index is 0.0307. The Morgan fingerprint density at radius 3 is 2.70 bits per heavy atom.